The summed E-state index contributed by atoms with van der Waals surface area (Å²) >= 11 is 0. The number of aliphatic hydroxyl groups excluding tert-OH is 2. The van der Waals surface area contributed by atoms with E-state index in [9.17, 15) is 42.6 Å². The molecule has 1 aromatic rings. The van der Waals surface area contributed by atoms with Gasteiger partial charge in [-0.05, 0) is 64.2 Å². The predicted molar refractivity (Wildman–Crippen MR) is 222 cm³/mol. The van der Waals surface area contributed by atoms with E-state index in [4.69, 9.17) is 23.8 Å². The minimum Gasteiger partial charge on any atom is -0.460 e. The maximum atomic E-state index is 15.1. The molecular weight excluding hydrogens is 847 g/mol. The average molecular weight is 912 g/mol. The van der Waals surface area contributed by atoms with Crippen LogP contribution in [0.15, 0.2) is 30.3 Å². The molecule has 0 unspecified atom stereocenters. The largest absolute Gasteiger partial charge is 0.460 e. The Morgan fingerprint density at radius 3 is 2.30 bits per heavy atom. The van der Waals surface area contributed by atoms with Crippen molar-refractivity contribution in [3.63, 3.8) is 0 Å². The number of hydroxylamine groups is 2. The SMILES string of the molecule is CCCCCC1(CCCCC)O[C@@H]2[C@H](O1)[C@H]1ON(Cc3cccc(C=CC(=O)OCC(F)(F)F)c3)[C@@H]3C(=O)O[C@@H]2C[C@]13C(=O)N[C@@H](C(=O)N[C@H](CO)CCC(=O)OC(C)(C)C)[C@H](C)O. The number of halogens is 3. The topological polar surface area (TPSA) is 208 Å². The van der Waals surface area contributed by atoms with Gasteiger partial charge in [0.05, 0.1) is 25.3 Å². The second-order valence-corrected chi connectivity index (χ2v) is 18.2. The van der Waals surface area contributed by atoms with Gasteiger partial charge in [-0.25, -0.2) is 4.79 Å². The smallest absolute Gasteiger partial charge is 0.422 e. The van der Waals surface area contributed by atoms with Crippen molar-refractivity contribution in [3.05, 3.63) is 41.5 Å². The van der Waals surface area contributed by atoms with Crippen molar-refractivity contribution in [2.24, 2.45) is 5.41 Å². The molecule has 19 heteroatoms. The third-order valence-corrected chi connectivity index (χ3v) is 11.8. The highest BCUT2D eigenvalue weighted by atomic mass is 19.4. The lowest BCUT2D eigenvalue weighted by molar-refractivity contribution is -0.224. The molecule has 9 atom stereocenters. The highest BCUT2D eigenvalue weighted by molar-refractivity contribution is 5.96. The Bertz CT molecular complexity index is 1830. The van der Waals surface area contributed by atoms with E-state index < -0.39 is 115 Å². The van der Waals surface area contributed by atoms with Crippen LogP contribution in [0.25, 0.3) is 6.08 Å². The predicted octanol–water partition coefficient (Wildman–Crippen LogP) is 4.71. The fourth-order valence-electron chi connectivity index (χ4n) is 8.90. The first-order valence-electron chi connectivity index (χ1n) is 22.3. The number of unbranched alkanes of at least 4 members (excludes halogenated alkanes) is 4. The molecule has 2 amide bonds. The lowest BCUT2D eigenvalue weighted by Gasteiger charge is -2.49. The van der Waals surface area contributed by atoms with E-state index in [1.807, 2.05) is 0 Å². The number of aliphatic hydroxyl groups is 2. The van der Waals surface area contributed by atoms with Gasteiger partial charge in [-0.15, -0.1) is 0 Å². The van der Waals surface area contributed by atoms with Crippen molar-refractivity contribution in [2.75, 3.05) is 13.2 Å². The van der Waals surface area contributed by atoms with Crippen LogP contribution in [0.5, 0.6) is 0 Å². The molecule has 358 valence electrons. The number of nitrogens with one attached hydrogen (secondary N) is 2. The number of alkyl halides is 3. The van der Waals surface area contributed by atoms with Gasteiger partial charge in [0.2, 0.25) is 11.8 Å². The summed E-state index contributed by atoms with van der Waals surface area (Å²) < 4.78 is 67.1. The lowest BCUT2D eigenvalue weighted by Crippen LogP contribution is -2.71. The molecule has 4 fully saturated rings. The number of fused-ring (bicyclic) bond motifs is 4. The van der Waals surface area contributed by atoms with E-state index in [1.165, 1.54) is 18.1 Å². The number of esters is 3. The molecule has 1 saturated carbocycles. The molecule has 3 heterocycles. The van der Waals surface area contributed by atoms with Gasteiger partial charge in [-0.3, -0.25) is 24.0 Å². The van der Waals surface area contributed by atoms with Gasteiger partial charge in [0.15, 0.2) is 18.4 Å². The van der Waals surface area contributed by atoms with Crippen LogP contribution in [0.4, 0.5) is 13.2 Å². The normalized spacial score (nSPS) is 26.4. The maximum absolute atomic E-state index is 15.1. The van der Waals surface area contributed by atoms with Gasteiger partial charge in [0.25, 0.3) is 0 Å². The molecular formula is C45H64F3N3O13. The number of nitrogens with zero attached hydrogens (tertiary/aromatic N) is 1. The third kappa shape index (κ3) is 12.6. The minimum absolute atomic E-state index is 0.000158. The minimum atomic E-state index is -4.69. The van der Waals surface area contributed by atoms with E-state index >= 15 is 4.79 Å². The summed E-state index contributed by atoms with van der Waals surface area (Å²) in [5.74, 6) is -5.25. The standard InChI is InChI=1S/C45H64F3N3O13/c1-7-9-11-20-43(21-12-10-8-2)62-35-31-23-44(41(58)50-34(27(3)53)39(56)49-30(25-52)17-19-33(55)61-42(4,5)6)37(40(57)60-31)51(64-38(44)36(35)63-43)24-29-15-13-14-28(22-29)16-18-32(54)59-26-45(46,47)48/h13-16,18,22,27,30-31,34-38,52-53H,7-12,17,19-21,23-26H2,1-6H3,(H,49,56)(H,50,58)/t27-,30-,31+,34+,35-,36-,37+,38+,44+/m0/s1. The number of hydrogen-bond acceptors (Lipinski definition) is 14. The van der Waals surface area contributed by atoms with Crippen LogP contribution < -0.4 is 10.6 Å². The number of hydrogen-bond donors (Lipinski definition) is 4. The first-order valence-corrected chi connectivity index (χ1v) is 22.3. The van der Waals surface area contributed by atoms with E-state index in [0.717, 1.165) is 44.6 Å². The van der Waals surface area contributed by atoms with Crippen molar-refractivity contribution in [2.45, 2.75) is 185 Å². The van der Waals surface area contributed by atoms with Crippen LogP contribution in [0, 0.1) is 5.41 Å². The molecule has 0 radical (unpaired) electrons. The second kappa shape index (κ2) is 21.4. The average Bonchev–Trinajstić information content (AvgIpc) is 3.77. The molecule has 0 aromatic heterocycles. The van der Waals surface area contributed by atoms with Crippen LogP contribution in [0.3, 0.4) is 0 Å². The number of ether oxygens (including phenoxy) is 5. The Hall–Kier alpha value is -4.14. The molecule has 1 aliphatic carbocycles. The molecule has 64 heavy (non-hydrogen) atoms. The van der Waals surface area contributed by atoms with Crippen LogP contribution in [0.2, 0.25) is 0 Å². The van der Waals surface area contributed by atoms with Gasteiger partial charge in [-0.2, -0.15) is 18.2 Å². The number of rotatable bonds is 22. The first kappa shape index (κ1) is 50.9. The third-order valence-electron chi connectivity index (χ3n) is 11.8. The Morgan fingerprint density at radius 2 is 1.69 bits per heavy atom. The second-order valence-electron chi connectivity index (χ2n) is 18.2. The maximum Gasteiger partial charge on any atom is 0.422 e. The van der Waals surface area contributed by atoms with Gasteiger partial charge in [0.1, 0.15) is 41.5 Å². The fraction of sp³-hybridized carbons (Fsp3) is 0.711. The van der Waals surface area contributed by atoms with Crippen LogP contribution in [-0.2, 0) is 59.0 Å². The van der Waals surface area contributed by atoms with Gasteiger partial charge in [0, 0.05) is 31.8 Å². The summed E-state index contributed by atoms with van der Waals surface area (Å²) in [5, 5.41) is 27.7. The monoisotopic (exact) mass is 911 g/mol. The van der Waals surface area contributed by atoms with E-state index in [1.54, 1.807) is 45.0 Å². The van der Waals surface area contributed by atoms with Gasteiger partial charge in [-0.1, -0.05) is 63.8 Å². The zero-order valence-corrected chi connectivity index (χ0v) is 37.4. The van der Waals surface area contributed by atoms with E-state index in [-0.39, 0.29) is 25.8 Å². The Morgan fingerprint density at radius 1 is 1.02 bits per heavy atom. The summed E-state index contributed by atoms with van der Waals surface area (Å²) in [6, 6.07) is 2.59. The van der Waals surface area contributed by atoms with Crippen molar-refractivity contribution in [1.82, 2.24) is 15.7 Å². The highest BCUT2D eigenvalue weighted by Crippen LogP contribution is 2.58. The van der Waals surface area contributed by atoms with Crippen LogP contribution in [0.1, 0.15) is 123 Å². The Labute approximate surface area is 371 Å². The summed E-state index contributed by atoms with van der Waals surface area (Å²) in [5.41, 5.74) is -1.57. The van der Waals surface area contributed by atoms with E-state index in [0.29, 0.717) is 24.0 Å². The highest BCUT2D eigenvalue weighted by Gasteiger charge is 2.76. The van der Waals surface area contributed by atoms with Crippen molar-refractivity contribution in [1.29, 1.82) is 0 Å². The quantitative estimate of drug-likeness (QED) is 0.0538. The van der Waals surface area contributed by atoms with Crippen molar-refractivity contribution in [3.8, 4) is 0 Å². The molecule has 3 saturated heterocycles. The Kier molecular flexibility index (Phi) is 17.0. The number of carbonyl (C=O) groups excluding carboxylic acids is 5. The van der Waals surface area contributed by atoms with E-state index in [2.05, 4.69) is 29.2 Å². The van der Waals surface area contributed by atoms with Crippen molar-refractivity contribution < 1.29 is 75.9 Å². The molecule has 5 rings (SSSR count). The van der Waals surface area contributed by atoms with Crippen LogP contribution >= 0.6 is 0 Å². The van der Waals surface area contributed by atoms with Crippen LogP contribution in [-0.4, -0.2) is 124 Å². The molecule has 1 aromatic carbocycles. The summed E-state index contributed by atoms with van der Waals surface area (Å²) in [4.78, 5) is 74.3. The zero-order chi connectivity index (χ0) is 47.0. The van der Waals surface area contributed by atoms with Crippen molar-refractivity contribution >= 4 is 35.8 Å². The zero-order valence-electron chi connectivity index (χ0n) is 37.4. The number of amides is 2. The molecule has 4 aliphatic rings. The van der Waals surface area contributed by atoms with Gasteiger partial charge < -0.3 is 44.5 Å². The first-order chi connectivity index (χ1) is 30.1. The number of carbonyl (C=O) groups is 5. The molecule has 4 N–H and O–H groups in total. The van der Waals surface area contributed by atoms with Gasteiger partial charge >= 0.3 is 24.1 Å². The molecule has 16 nitrogen and oxygen atoms in total. The molecule has 3 aliphatic heterocycles. The molecule has 2 bridgehead atoms. The molecule has 0 spiro atoms. The summed E-state index contributed by atoms with van der Waals surface area (Å²) in [7, 11) is 0. The summed E-state index contributed by atoms with van der Waals surface area (Å²) in [6.45, 7) is 8.17. The fourth-order valence-corrected chi connectivity index (χ4v) is 8.90. The Balaban J connectivity index is 1.46. The number of benzene rings is 1. The summed E-state index contributed by atoms with van der Waals surface area (Å²) in [6.07, 6.45) is -1.68. The lowest BCUT2D eigenvalue weighted by atomic mass is 9.62.